The van der Waals surface area contributed by atoms with Crippen molar-refractivity contribution in [2.24, 2.45) is 23.7 Å². The Kier molecular flexibility index (Phi) is 8.26. The SMILES string of the molecule is CC(C)(C)c1ccc2c(OC(=O)C3CCCCC3C(=O)O)c3ccccc3c(OC(=O)C3CCCCC3C(=O)O)c2c1. The fraction of sp³-hybridized carbons (Fsp3) is 0.471. The van der Waals surface area contributed by atoms with Gasteiger partial charge in [-0.3, -0.25) is 19.2 Å². The molecule has 2 aliphatic carbocycles. The van der Waals surface area contributed by atoms with E-state index in [4.69, 9.17) is 9.47 Å². The number of benzene rings is 3. The van der Waals surface area contributed by atoms with Crippen molar-refractivity contribution in [1.29, 1.82) is 0 Å². The van der Waals surface area contributed by atoms with E-state index in [-0.39, 0.29) is 5.41 Å². The van der Waals surface area contributed by atoms with Gasteiger partial charge >= 0.3 is 23.9 Å². The van der Waals surface area contributed by atoms with Crippen LogP contribution in [0.25, 0.3) is 21.5 Å². The topological polar surface area (TPSA) is 127 Å². The average molecular weight is 575 g/mol. The number of ether oxygens (including phenoxy) is 2. The summed E-state index contributed by atoms with van der Waals surface area (Å²) in [4.78, 5) is 51.0. The lowest BCUT2D eigenvalue weighted by molar-refractivity contribution is -0.154. The zero-order valence-corrected chi connectivity index (χ0v) is 24.4. The second-order valence-electron chi connectivity index (χ2n) is 12.7. The molecule has 0 aliphatic heterocycles. The first-order valence-electron chi connectivity index (χ1n) is 14.8. The number of carbonyl (C=O) groups is 4. The van der Waals surface area contributed by atoms with Crippen LogP contribution in [0.5, 0.6) is 11.5 Å². The van der Waals surface area contributed by atoms with Crippen LogP contribution < -0.4 is 9.47 Å². The number of carboxylic acids is 2. The Morgan fingerprint density at radius 2 is 1.02 bits per heavy atom. The number of hydrogen-bond donors (Lipinski definition) is 2. The van der Waals surface area contributed by atoms with Gasteiger partial charge in [0.1, 0.15) is 11.5 Å². The summed E-state index contributed by atoms with van der Waals surface area (Å²) in [5.74, 6) is -5.66. The van der Waals surface area contributed by atoms with Crippen molar-refractivity contribution in [3.05, 3.63) is 48.0 Å². The molecule has 4 unspecified atom stereocenters. The second-order valence-corrected chi connectivity index (χ2v) is 12.7. The van der Waals surface area contributed by atoms with Gasteiger partial charge in [-0.1, -0.05) is 82.9 Å². The number of aliphatic carboxylic acids is 2. The van der Waals surface area contributed by atoms with Crippen LogP contribution in [0.3, 0.4) is 0 Å². The molecule has 2 aliphatic rings. The summed E-state index contributed by atoms with van der Waals surface area (Å²) in [6, 6.07) is 12.9. The number of carbonyl (C=O) groups excluding carboxylic acids is 2. The molecule has 0 aromatic heterocycles. The van der Waals surface area contributed by atoms with E-state index in [0.717, 1.165) is 31.2 Å². The third kappa shape index (κ3) is 5.72. The molecule has 4 atom stereocenters. The highest BCUT2D eigenvalue weighted by Crippen LogP contribution is 2.46. The number of esters is 2. The molecule has 0 spiro atoms. The molecule has 0 amide bonds. The van der Waals surface area contributed by atoms with E-state index in [1.807, 2.05) is 18.2 Å². The van der Waals surface area contributed by atoms with Crippen molar-refractivity contribution in [3.63, 3.8) is 0 Å². The van der Waals surface area contributed by atoms with Gasteiger partial charge in [-0.2, -0.15) is 0 Å². The fourth-order valence-corrected chi connectivity index (χ4v) is 6.56. The van der Waals surface area contributed by atoms with Gasteiger partial charge in [0.25, 0.3) is 0 Å². The maximum absolute atomic E-state index is 13.6. The van der Waals surface area contributed by atoms with E-state index in [0.29, 0.717) is 58.7 Å². The summed E-state index contributed by atoms with van der Waals surface area (Å²) in [5.41, 5.74) is 0.728. The summed E-state index contributed by atoms with van der Waals surface area (Å²) in [7, 11) is 0. The van der Waals surface area contributed by atoms with Crippen molar-refractivity contribution >= 4 is 45.4 Å². The molecular weight excluding hydrogens is 536 g/mol. The van der Waals surface area contributed by atoms with Gasteiger partial charge in [0.2, 0.25) is 0 Å². The summed E-state index contributed by atoms with van der Waals surface area (Å²) in [6.07, 6.45) is 4.77. The van der Waals surface area contributed by atoms with Gasteiger partial charge in [0.05, 0.1) is 23.7 Å². The third-order valence-corrected chi connectivity index (χ3v) is 8.97. The molecule has 3 aromatic rings. The smallest absolute Gasteiger partial charge is 0.315 e. The normalized spacial score (nSPS) is 22.9. The maximum atomic E-state index is 13.6. The monoisotopic (exact) mass is 574 g/mol. The van der Waals surface area contributed by atoms with Crippen molar-refractivity contribution in [2.75, 3.05) is 0 Å². The van der Waals surface area contributed by atoms with E-state index in [1.165, 1.54) is 0 Å². The molecule has 2 saturated carbocycles. The molecule has 42 heavy (non-hydrogen) atoms. The van der Waals surface area contributed by atoms with Crippen LogP contribution in [0.15, 0.2) is 42.5 Å². The Labute approximate surface area is 245 Å². The summed E-state index contributed by atoms with van der Waals surface area (Å²) in [5, 5.41) is 21.8. The maximum Gasteiger partial charge on any atom is 0.315 e. The highest BCUT2D eigenvalue weighted by atomic mass is 16.5. The fourth-order valence-electron chi connectivity index (χ4n) is 6.56. The highest BCUT2D eigenvalue weighted by Gasteiger charge is 2.39. The first-order chi connectivity index (χ1) is 20.0. The molecule has 5 rings (SSSR count). The van der Waals surface area contributed by atoms with Gasteiger partial charge in [-0.15, -0.1) is 0 Å². The van der Waals surface area contributed by atoms with Crippen molar-refractivity contribution < 1.29 is 38.9 Å². The van der Waals surface area contributed by atoms with E-state index < -0.39 is 47.5 Å². The average Bonchev–Trinajstić information content (AvgIpc) is 2.97. The minimum absolute atomic E-state index is 0.244. The Bertz CT molecular complexity index is 1550. The number of fused-ring (bicyclic) bond motifs is 2. The van der Waals surface area contributed by atoms with E-state index in [1.54, 1.807) is 24.3 Å². The largest absolute Gasteiger partial charge is 0.481 e. The van der Waals surface area contributed by atoms with Gasteiger partial charge in [0.15, 0.2) is 0 Å². The predicted molar refractivity (Wildman–Crippen MR) is 158 cm³/mol. The Morgan fingerprint density at radius 1 is 0.619 bits per heavy atom. The number of carboxylic acid groups (broad SMARTS) is 2. The predicted octanol–water partition coefficient (Wildman–Crippen LogP) is 6.88. The third-order valence-electron chi connectivity index (χ3n) is 8.97. The summed E-state index contributed by atoms with van der Waals surface area (Å²) < 4.78 is 12.2. The van der Waals surface area contributed by atoms with Crippen LogP contribution in [0, 0.1) is 23.7 Å². The van der Waals surface area contributed by atoms with Crippen LogP contribution in [-0.2, 0) is 24.6 Å². The second kappa shape index (κ2) is 11.7. The standard InChI is InChI=1S/C34H38O8/c1-34(2,3)19-16-17-22-27(18-19)29(42-33(40)26-15-9-7-13-24(26)31(37)38)21-11-5-4-10-20(21)28(22)41-32(39)25-14-8-6-12-23(25)30(35)36/h4-5,10-11,16-18,23-26H,6-9,12-15H2,1-3H3,(H,35,36)(H,37,38). The van der Waals surface area contributed by atoms with Crippen molar-refractivity contribution in [3.8, 4) is 11.5 Å². The van der Waals surface area contributed by atoms with Gasteiger partial charge in [-0.05, 0) is 42.7 Å². The zero-order valence-electron chi connectivity index (χ0n) is 24.4. The molecule has 2 fully saturated rings. The quantitative estimate of drug-likeness (QED) is 0.185. The van der Waals surface area contributed by atoms with Gasteiger partial charge < -0.3 is 19.7 Å². The molecule has 2 N–H and O–H groups in total. The molecular formula is C34H38O8. The van der Waals surface area contributed by atoms with E-state index >= 15 is 0 Å². The molecule has 8 nitrogen and oxygen atoms in total. The molecule has 8 heteroatoms. The Hall–Kier alpha value is -3.94. The molecule has 0 saturated heterocycles. The molecule has 0 bridgehead atoms. The molecule has 0 radical (unpaired) electrons. The minimum atomic E-state index is -0.995. The molecule has 3 aromatic carbocycles. The van der Waals surface area contributed by atoms with Crippen LogP contribution in [0.4, 0.5) is 0 Å². The molecule has 222 valence electrons. The minimum Gasteiger partial charge on any atom is -0.481 e. The first-order valence-corrected chi connectivity index (χ1v) is 14.8. The number of hydrogen-bond acceptors (Lipinski definition) is 6. The lowest BCUT2D eigenvalue weighted by Gasteiger charge is -2.28. The van der Waals surface area contributed by atoms with E-state index in [2.05, 4.69) is 20.8 Å². The highest BCUT2D eigenvalue weighted by molar-refractivity contribution is 6.13. The van der Waals surface area contributed by atoms with Crippen LogP contribution in [0.1, 0.15) is 77.7 Å². The lowest BCUT2D eigenvalue weighted by Crippen LogP contribution is -2.35. The Morgan fingerprint density at radius 3 is 1.45 bits per heavy atom. The van der Waals surface area contributed by atoms with Crippen molar-refractivity contribution in [2.45, 2.75) is 77.6 Å². The van der Waals surface area contributed by atoms with Gasteiger partial charge in [-0.25, -0.2) is 0 Å². The Balaban J connectivity index is 1.65. The first kappa shape index (κ1) is 29.5. The van der Waals surface area contributed by atoms with Crippen LogP contribution >= 0.6 is 0 Å². The zero-order chi connectivity index (χ0) is 30.2. The number of rotatable bonds is 6. The van der Waals surface area contributed by atoms with Gasteiger partial charge in [0, 0.05) is 21.5 Å². The van der Waals surface area contributed by atoms with Crippen LogP contribution in [0.2, 0.25) is 0 Å². The lowest BCUT2D eigenvalue weighted by atomic mass is 9.79. The molecule has 0 heterocycles. The summed E-state index contributed by atoms with van der Waals surface area (Å²) in [6.45, 7) is 6.20. The van der Waals surface area contributed by atoms with Crippen molar-refractivity contribution in [1.82, 2.24) is 0 Å². The van der Waals surface area contributed by atoms with Crippen LogP contribution in [-0.4, -0.2) is 34.1 Å². The van der Waals surface area contributed by atoms with E-state index in [9.17, 15) is 29.4 Å². The summed E-state index contributed by atoms with van der Waals surface area (Å²) >= 11 is 0.